The van der Waals surface area contributed by atoms with Crippen molar-refractivity contribution in [3.8, 4) is 11.5 Å². The number of ether oxygens (including phenoxy) is 2. The lowest BCUT2D eigenvalue weighted by molar-refractivity contribution is 0.294. The molecule has 0 spiro atoms. The van der Waals surface area contributed by atoms with Crippen LogP contribution in [0.1, 0.15) is 25.3 Å². The number of rotatable bonds is 5. The summed E-state index contributed by atoms with van der Waals surface area (Å²) in [5.41, 5.74) is 2.62. The van der Waals surface area contributed by atoms with Gasteiger partial charge in [-0.2, -0.15) is 0 Å². The molecule has 2 rings (SSSR count). The average molecular weight is 247 g/mol. The molecule has 1 heterocycles. The van der Waals surface area contributed by atoms with Gasteiger partial charge in [0.1, 0.15) is 0 Å². The van der Waals surface area contributed by atoms with E-state index in [2.05, 4.69) is 30.4 Å². The molecule has 98 valence electrons. The quantitative estimate of drug-likeness (QED) is 0.868. The molecule has 1 aliphatic rings. The van der Waals surface area contributed by atoms with Gasteiger partial charge in [0, 0.05) is 6.54 Å². The highest BCUT2D eigenvalue weighted by Gasteiger charge is 2.10. The van der Waals surface area contributed by atoms with Gasteiger partial charge in [0.25, 0.3) is 0 Å². The monoisotopic (exact) mass is 247 g/mol. The molecule has 0 atom stereocenters. The van der Waals surface area contributed by atoms with E-state index in [1.54, 1.807) is 7.11 Å². The first-order valence-corrected chi connectivity index (χ1v) is 6.56. The number of benzene rings is 1. The predicted molar refractivity (Wildman–Crippen MR) is 74.2 cm³/mol. The normalized spacial score (nSPS) is 15.1. The molecule has 0 radical (unpaired) electrons. The van der Waals surface area contributed by atoms with Crippen molar-refractivity contribution < 1.29 is 9.47 Å². The standard InChI is InChI=1S/C15H21NO2/c1-3-10-18-14-5-4-13(11-15(14)17-2)12-6-8-16-9-7-12/h4-6,11,16H,3,7-10H2,1-2H3. The van der Waals surface area contributed by atoms with Crippen molar-refractivity contribution in [3.63, 3.8) is 0 Å². The van der Waals surface area contributed by atoms with Crippen LogP contribution in [0.15, 0.2) is 24.3 Å². The fourth-order valence-corrected chi connectivity index (χ4v) is 2.08. The van der Waals surface area contributed by atoms with Gasteiger partial charge < -0.3 is 14.8 Å². The van der Waals surface area contributed by atoms with Crippen LogP contribution in [0.3, 0.4) is 0 Å². The summed E-state index contributed by atoms with van der Waals surface area (Å²) >= 11 is 0. The predicted octanol–water partition coefficient (Wildman–Crippen LogP) is 2.86. The van der Waals surface area contributed by atoms with Gasteiger partial charge in [0.15, 0.2) is 11.5 Å². The molecule has 3 heteroatoms. The average Bonchev–Trinajstić information content (AvgIpc) is 2.46. The molecule has 0 saturated carbocycles. The first-order chi connectivity index (χ1) is 8.85. The summed E-state index contributed by atoms with van der Waals surface area (Å²) in [5, 5.41) is 3.32. The smallest absolute Gasteiger partial charge is 0.161 e. The Kier molecular flexibility index (Phi) is 4.65. The van der Waals surface area contributed by atoms with E-state index in [4.69, 9.17) is 9.47 Å². The van der Waals surface area contributed by atoms with Crippen LogP contribution in [0, 0.1) is 0 Å². The molecule has 0 saturated heterocycles. The lowest BCUT2D eigenvalue weighted by Gasteiger charge is -2.16. The van der Waals surface area contributed by atoms with Crippen LogP contribution < -0.4 is 14.8 Å². The second kappa shape index (κ2) is 6.45. The Balaban J connectivity index is 2.20. The second-order valence-corrected chi connectivity index (χ2v) is 4.40. The summed E-state index contributed by atoms with van der Waals surface area (Å²) in [7, 11) is 1.69. The van der Waals surface area contributed by atoms with E-state index in [0.29, 0.717) is 0 Å². The third-order valence-corrected chi connectivity index (χ3v) is 3.06. The zero-order valence-electron chi connectivity index (χ0n) is 11.2. The van der Waals surface area contributed by atoms with Gasteiger partial charge in [-0.15, -0.1) is 0 Å². The van der Waals surface area contributed by atoms with E-state index in [-0.39, 0.29) is 0 Å². The van der Waals surface area contributed by atoms with Crippen LogP contribution in [0.2, 0.25) is 0 Å². The number of hydrogen-bond acceptors (Lipinski definition) is 3. The molecule has 0 aliphatic carbocycles. The molecule has 18 heavy (non-hydrogen) atoms. The van der Waals surface area contributed by atoms with Crippen molar-refractivity contribution in [1.29, 1.82) is 0 Å². The van der Waals surface area contributed by atoms with Crippen molar-refractivity contribution in [2.75, 3.05) is 26.8 Å². The Morgan fingerprint density at radius 1 is 1.28 bits per heavy atom. The summed E-state index contributed by atoms with van der Waals surface area (Å²) in [5.74, 6) is 1.65. The molecule has 0 fully saturated rings. The highest BCUT2D eigenvalue weighted by Crippen LogP contribution is 2.32. The van der Waals surface area contributed by atoms with Gasteiger partial charge in [0.05, 0.1) is 13.7 Å². The number of hydrogen-bond donors (Lipinski definition) is 1. The topological polar surface area (TPSA) is 30.5 Å². The Bertz CT molecular complexity index is 427. The zero-order valence-corrected chi connectivity index (χ0v) is 11.2. The molecular formula is C15H21NO2. The highest BCUT2D eigenvalue weighted by molar-refractivity contribution is 5.69. The van der Waals surface area contributed by atoms with Crippen LogP contribution in [-0.2, 0) is 0 Å². The molecule has 3 nitrogen and oxygen atoms in total. The fraction of sp³-hybridized carbons (Fsp3) is 0.467. The van der Waals surface area contributed by atoms with E-state index in [1.165, 1.54) is 11.1 Å². The van der Waals surface area contributed by atoms with Crippen molar-refractivity contribution >= 4 is 5.57 Å². The Morgan fingerprint density at radius 2 is 2.17 bits per heavy atom. The van der Waals surface area contributed by atoms with E-state index in [9.17, 15) is 0 Å². The van der Waals surface area contributed by atoms with Crippen molar-refractivity contribution in [2.45, 2.75) is 19.8 Å². The maximum atomic E-state index is 5.66. The molecule has 1 aromatic carbocycles. The van der Waals surface area contributed by atoms with Gasteiger partial charge in [-0.25, -0.2) is 0 Å². The number of methoxy groups -OCH3 is 1. The summed E-state index contributed by atoms with van der Waals surface area (Å²) in [4.78, 5) is 0. The maximum absolute atomic E-state index is 5.66. The maximum Gasteiger partial charge on any atom is 0.161 e. The minimum atomic E-state index is 0.725. The minimum Gasteiger partial charge on any atom is -0.493 e. The van der Waals surface area contributed by atoms with Crippen molar-refractivity contribution in [1.82, 2.24) is 5.32 Å². The molecule has 0 bridgehead atoms. The van der Waals surface area contributed by atoms with Crippen LogP contribution in [0.25, 0.3) is 5.57 Å². The lowest BCUT2D eigenvalue weighted by atomic mass is 10.00. The zero-order chi connectivity index (χ0) is 12.8. The molecular weight excluding hydrogens is 226 g/mol. The molecule has 0 aromatic heterocycles. The van der Waals surface area contributed by atoms with Gasteiger partial charge in [-0.1, -0.05) is 19.1 Å². The van der Waals surface area contributed by atoms with Crippen molar-refractivity contribution in [2.24, 2.45) is 0 Å². The Labute approximate surface area is 109 Å². The van der Waals surface area contributed by atoms with Gasteiger partial charge in [0.2, 0.25) is 0 Å². The summed E-state index contributed by atoms with van der Waals surface area (Å²) < 4.78 is 11.1. The minimum absolute atomic E-state index is 0.725. The Morgan fingerprint density at radius 3 is 2.83 bits per heavy atom. The van der Waals surface area contributed by atoms with Gasteiger partial charge in [-0.3, -0.25) is 0 Å². The third-order valence-electron chi connectivity index (χ3n) is 3.06. The fourth-order valence-electron chi connectivity index (χ4n) is 2.08. The van der Waals surface area contributed by atoms with Crippen LogP contribution in [-0.4, -0.2) is 26.8 Å². The first kappa shape index (κ1) is 13.0. The Hall–Kier alpha value is -1.48. The largest absolute Gasteiger partial charge is 0.493 e. The molecule has 1 aliphatic heterocycles. The second-order valence-electron chi connectivity index (χ2n) is 4.40. The van der Waals surface area contributed by atoms with E-state index in [0.717, 1.165) is 44.0 Å². The summed E-state index contributed by atoms with van der Waals surface area (Å²) in [6, 6.07) is 6.19. The van der Waals surface area contributed by atoms with Crippen LogP contribution in [0.5, 0.6) is 11.5 Å². The highest BCUT2D eigenvalue weighted by atomic mass is 16.5. The lowest BCUT2D eigenvalue weighted by Crippen LogP contribution is -2.20. The van der Waals surface area contributed by atoms with Gasteiger partial charge >= 0.3 is 0 Å². The third kappa shape index (κ3) is 3.05. The molecule has 0 amide bonds. The van der Waals surface area contributed by atoms with E-state index < -0.39 is 0 Å². The first-order valence-electron chi connectivity index (χ1n) is 6.56. The van der Waals surface area contributed by atoms with Gasteiger partial charge in [-0.05, 0) is 42.7 Å². The number of nitrogens with one attached hydrogen (secondary N) is 1. The molecule has 1 N–H and O–H groups in total. The molecule has 0 unspecified atom stereocenters. The van der Waals surface area contributed by atoms with Crippen LogP contribution >= 0.6 is 0 Å². The molecule has 1 aromatic rings. The van der Waals surface area contributed by atoms with Crippen molar-refractivity contribution in [3.05, 3.63) is 29.8 Å². The SMILES string of the molecule is CCCOc1ccc(C2=CCNCC2)cc1OC. The van der Waals surface area contributed by atoms with E-state index in [1.807, 2.05) is 6.07 Å². The van der Waals surface area contributed by atoms with Crippen LogP contribution in [0.4, 0.5) is 0 Å². The summed E-state index contributed by atoms with van der Waals surface area (Å²) in [6.45, 7) is 4.82. The summed E-state index contributed by atoms with van der Waals surface area (Å²) in [6.07, 6.45) is 4.31. The van der Waals surface area contributed by atoms with E-state index >= 15 is 0 Å².